The molecule has 0 aliphatic heterocycles. The zero-order valence-corrected chi connectivity index (χ0v) is 13.7. The van der Waals surface area contributed by atoms with Gasteiger partial charge in [0.15, 0.2) is 0 Å². The van der Waals surface area contributed by atoms with E-state index in [1.165, 1.54) is 0 Å². The van der Waals surface area contributed by atoms with Crippen LogP contribution in [0.4, 0.5) is 11.5 Å². The number of carbonyl (C=O) groups excluding carboxylic acids is 1. The molecule has 0 saturated heterocycles. The summed E-state index contributed by atoms with van der Waals surface area (Å²) in [6.07, 6.45) is 3.96. The van der Waals surface area contributed by atoms with Gasteiger partial charge in [0.05, 0.1) is 18.4 Å². The number of hydrogen-bond acceptors (Lipinski definition) is 5. The largest absolute Gasteiger partial charge is 0.495 e. The molecule has 1 saturated carbocycles. The molecule has 24 heavy (non-hydrogen) atoms. The second-order valence-electron chi connectivity index (χ2n) is 5.94. The van der Waals surface area contributed by atoms with E-state index in [0.29, 0.717) is 29.6 Å². The summed E-state index contributed by atoms with van der Waals surface area (Å²) in [5.74, 6) is 1.53. The van der Waals surface area contributed by atoms with Gasteiger partial charge < -0.3 is 21.1 Å². The number of ether oxygens (including phenoxy) is 1. The third kappa shape index (κ3) is 3.83. The second kappa shape index (κ2) is 7.31. The van der Waals surface area contributed by atoms with Crippen molar-refractivity contribution in [3.63, 3.8) is 0 Å². The number of para-hydroxylation sites is 2. The van der Waals surface area contributed by atoms with Gasteiger partial charge in [0.25, 0.3) is 5.91 Å². The van der Waals surface area contributed by atoms with Crippen molar-refractivity contribution in [3.8, 4) is 5.75 Å². The molecule has 2 aromatic rings. The van der Waals surface area contributed by atoms with Crippen LogP contribution in [-0.4, -0.2) is 30.6 Å². The van der Waals surface area contributed by atoms with Crippen molar-refractivity contribution in [2.75, 3.05) is 19.0 Å². The van der Waals surface area contributed by atoms with Gasteiger partial charge in [0.2, 0.25) is 0 Å². The Morgan fingerprint density at radius 1 is 1.33 bits per heavy atom. The number of amides is 1. The molecule has 1 aliphatic carbocycles. The van der Waals surface area contributed by atoms with E-state index >= 15 is 0 Å². The normalized spacial score (nSPS) is 14.8. The van der Waals surface area contributed by atoms with Crippen LogP contribution in [0, 0.1) is 5.92 Å². The maximum atomic E-state index is 12.5. The lowest BCUT2D eigenvalue weighted by Crippen LogP contribution is -2.38. The molecule has 6 nitrogen and oxygen atoms in total. The van der Waals surface area contributed by atoms with Crippen molar-refractivity contribution in [3.05, 3.63) is 48.2 Å². The van der Waals surface area contributed by atoms with Gasteiger partial charge in [-0.2, -0.15) is 0 Å². The summed E-state index contributed by atoms with van der Waals surface area (Å²) in [6.45, 7) is 0.479. The summed E-state index contributed by atoms with van der Waals surface area (Å²) >= 11 is 0. The number of methoxy groups -OCH3 is 1. The topological polar surface area (TPSA) is 89.3 Å². The minimum Gasteiger partial charge on any atom is -0.495 e. The first-order valence-electron chi connectivity index (χ1n) is 8.08. The van der Waals surface area contributed by atoms with Gasteiger partial charge in [-0.15, -0.1) is 0 Å². The molecule has 4 N–H and O–H groups in total. The Morgan fingerprint density at radius 2 is 2.12 bits per heavy atom. The van der Waals surface area contributed by atoms with Gasteiger partial charge in [0, 0.05) is 18.8 Å². The zero-order valence-electron chi connectivity index (χ0n) is 13.7. The molecular weight excluding hydrogens is 304 g/mol. The van der Waals surface area contributed by atoms with E-state index < -0.39 is 0 Å². The summed E-state index contributed by atoms with van der Waals surface area (Å²) in [5, 5.41) is 6.07. The molecular formula is C18H22N4O2. The first-order valence-corrected chi connectivity index (χ1v) is 8.08. The molecule has 3 rings (SSSR count). The number of hydrogen-bond donors (Lipinski definition) is 3. The second-order valence-corrected chi connectivity index (χ2v) is 5.94. The van der Waals surface area contributed by atoms with E-state index in [2.05, 4.69) is 15.6 Å². The van der Waals surface area contributed by atoms with Crippen LogP contribution < -0.4 is 21.1 Å². The molecule has 0 bridgehead atoms. The fraction of sp³-hybridized carbons (Fsp3) is 0.333. The maximum absolute atomic E-state index is 12.5. The minimum atomic E-state index is -0.184. The van der Waals surface area contributed by atoms with E-state index in [9.17, 15) is 4.79 Å². The van der Waals surface area contributed by atoms with E-state index in [1.54, 1.807) is 25.4 Å². The molecule has 1 aromatic heterocycles. The Morgan fingerprint density at radius 3 is 2.88 bits per heavy atom. The van der Waals surface area contributed by atoms with Crippen LogP contribution in [0.1, 0.15) is 23.2 Å². The summed E-state index contributed by atoms with van der Waals surface area (Å²) < 4.78 is 5.32. The molecule has 6 heteroatoms. The average Bonchev–Trinajstić information content (AvgIpc) is 3.45. The summed E-state index contributed by atoms with van der Waals surface area (Å²) in [5.41, 5.74) is 7.27. The molecule has 1 atom stereocenters. The van der Waals surface area contributed by atoms with E-state index in [-0.39, 0.29) is 11.9 Å². The smallest absolute Gasteiger partial charge is 0.255 e. The zero-order chi connectivity index (χ0) is 16.9. The minimum absolute atomic E-state index is 0.0243. The standard InChI is InChI=1S/C18H22N4O2/c1-24-16-7-3-2-6-15(16)22-17-13(5-4-10-20-17)18(23)21-11-14(19)12-8-9-12/h2-7,10,12,14H,8-9,11,19H2,1H3,(H,20,22)(H,21,23). The maximum Gasteiger partial charge on any atom is 0.255 e. The Bertz CT molecular complexity index is 716. The third-order valence-electron chi connectivity index (χ3n) is 4.14. The Balaban J connectivity index is 1.73. The predicted octanol–water partition coefficient (Wildman–Crippen LogP) is 2.30. The highest BCUT2D eigenvalue weighted by atomic mass is 16.5. The van der Waals surface area contributed by atoms with E-state index in [4.69, 9.17) is 10.5 Å². The molecule has 126 valence electrons. The molecule has 1 amide bonds. The van der Waals surface area contributed by atoms with Crippen LogP contribution in [-0.2, 0) is 0 Å². The van der Waals surface area contributed by atoms with Crippen LogP contribution in [0.15, 0.2) is 42.6 Å². The lowest BCUT2D eigenvalue weighted by Gasteiger charge is -2.15. The number of nitrogens with two attached hydrogens (primary N) is 1. The first-order chi connectivity index (χ1) is 11.7. The Hall–Kier alpha value is -2.60. The molecule has 1 fully saturated rings. The number of rotatable bonds is 7. The van der Waals surface area contributed by atoms with Gasteiger partial charge in [0.1, 0.15) is 11.6 Å². The van der Waals surface area contributed by atoms with Gasteiger partial charge >= 0.3 is 0 Å². The number of aromatic nitrogens is 1. The predicted molar refractivity (Wildman–Crippen MR) is 93.5 cm³/mol. The Labute approximate surface area is 141 Å². The highest BCUT2D eigenvalue weighted by Gasteiger charge is 2.28. The van der Waals surface area contributed by atoms with Crippen molar-refractivity contribution < 1.29 is 9.53 Å². The fourth-order valence-corrected chi connectivity index (χ4v) is 2.56. The number of pyridine rings is 1. The van der Waals surface area contributed by atoms with Crippen LogP contribution >= 0.6 is 0 Å². The highest BCUT2D eigenvalue weighted by molar-refractivity contribution is 5.99. The molecule has 0 radical (unpaired) electrons. The summed E-state index contributed by atoms with van der Waals surface area (Å²) in [4.78, 5) is 16.8. The van der Waals surface area contributed by atoms with Crippen molar-refractivity contribution >= 4 is 17.4 Å². The average molecular weight is 326 g/mol. The van der Waals surface area contributed by atoms with Gasteiger partial charge in [-0.25, -0.2) is 4.98 Å². The monoisotopic (exact) mass is 326 g/mol. The number of benzene rings is 1. The number of anilines is 2. The number of carbonyl (C=O) groups is 1. The van der Waals surface area contributed by atoms with Gasteiger partial charge in [-0.3, -0.25) is 4.79 Å². The Kier molecular flexibility index (Phi) is 4.96. The molecule has 0 spiro atoms. The van der Waals surface area contributed by atoms with Gasteiger partial charge in [-0.1, -0.05) is 12.1 Å². The van der Waals surface area contributed by atoms with Crippen molar-refractivity contribution in [2.45, 2.75) is 18.9 Å². The molecule has 1 aliphatic rings. The summed E-state index contributed by atoms with van der Waals surface area (Å²) in [6, 6.07) is 11.0. The third-order valence-corrected chi connectivity index (χ3v) is 4.14. The van der Waals surface area contributed by atoms with E-state index in [1.807, 2.05) is 24.3 Å². The molecule has 1 aromatic carbocycles. The fourth-order valence-electron chi connectivity index (χ4n) is 2.56. The molecule has 1 heterocycles. The van der Waals surface area contributed by atoms with Crippen LogP contribution in [0.25, 0.3) is 0 Å². The van der Waals surface area contributed by atoms with Crippen LogP contribution in [0.3, 0.4) is 0 Å². The van der Waals surface area contributed by atoms with Crippen molar-refractivity contribution in [1.82, 2.24) is 10.3 Å². The van der Waals surface area contributed by atoms with E-state index in [0.717, 1.165) is 18.5 Å². The highest BCUT2D eigenvalue weighted by Crippen LogP contribution is 2.31. The molecule has 1 unspecified atom stereocenters. The van der Waals surface area contributed by atoms with Crippen molar-refractivity contribution in [2.24, 2.45) is 11.7 Å². The lowest BCUT2D eigenvalue weighted by atomic mass is 10.2. The van der Waals surface area contributed by atoms with Crippen molar-refractivity contribution in [1.29, 1.82) is 0 Å². The SMILES string of the molecule is COc1ccccc1Nc1ncccc1C(=O)NCC(N)C1CC1. The first kappa shape index (κ1) is 16.3. The van der Waals surface area contributed by atoms with Crippen LogP contribution in [0.2, 0.25) is 0 Å². The number of nitrogens with zero attached hydrogens (tertiary/aromatic N) is 1. The van der Waals surface area contributed by atoms with Gasteiger partial charge in [-0.05, 0) is 43.0 Å². The van der Waals surface area contributed by atoms with Crippen LogP contribution in [0.5, 0.6) is 5.75 Å². The lowest BCUT2D eigenvalue weighted by molar-refractivity contribution is 0.0951. The quantitative estimate of drug-likeness (QED) is 0.726. The number of nitrogens with one attached hydrogen (secondary N) is 2. The summed E-state index contributed by atoms with van der Waals surface area (Å²) in [7, 11) is 1.60.